The van der Waals surface area contributed by atoms with E-state index >= 15 is 0 Å². The molecule has 0 radical (unpaired) electrons. The van der Waals surface area contributed by atoms with Crippen LogP contribution < -0.4 is 5.43 Å². The van der Waals surface area contributed by atoms with Gasteiger partial charge < -0.3 is 15.0 Å². The van der Waals surface area contributed by atoms with Gasteiger partial charge in [0, 0.05) is 31.0 Å². The van der Waals surface area contributed by atoms with Crippen LogP contribution in [0.15, 0.2) is 17.1 Å². The Hall–Kier alpha value is -1.62. The van der Waals surface area contributed by atoms with Gasteiger partial charge in [0.2, 0.25) is 0 Å². The number of nitrogens with zero attached hydrogens (tertiary/aromatic N) is 1. The van der Waals surface area contributed by atoms with Crippen LogP contribution in [0.3, 0.4) is 0 Å². The first kappa shape index (κ1) is 12.8. The zero-order chi connectivity index (χ0) is 13.3. The van der Waals surface area contributed by atoms with Crippen LogP contribution in [0.25, 0.3) is 0 Å². The van der Waals surface area contributed by atoms with Crippen molar-refractivity contribution >= 4 is 5.91 Å². The molecule has 1 aromatic rings. The van der Waals surface area contributed by atoms with Gasteiger partial charge in [-0.1, -0.05) is 0 Å². The summed E-state index contributed by atoms with van der Waals surface area (Å²) in [5.74, 6) is -0.258. The third kappa shape index (κ3) is 2.61. The second-order valence-corrected chi connectivity index (χ2v) is 5.18. The monoisotopic (exact) mass is 250 g/mol. The molecule has 2 rings (SSSR count). The maximum atomic E-state index is 12.2. The Kier molecular flexibility index (Phi) is 3.26. The molecule has 2 N–H and O–H groups in total. The summed E-state index contributed by atoms with van der Waals surface area (Å²) in [6, 6.07) is 1.42. The molecule has 1 aromatic heterocycles. The number of pyridine rings is 1. The van der Waals surface area contributed by atoms with Crippen molar-refractivity contribution in [3.8, 4) is 0 Å². The summed E-state index contributed by atoms with van der Waals surface area (Å²) in [6.07, 6.45) is 2.55. The van der Waals surface area contributed by atoms with E-state index in [9.17, 15) is 14.7 Å². The number of H-pyrrole nitrogens is 1. The lowest BCUT2D eigenvalue weighted by Crippen LogP contribution is -2.46. The first-order valence-electron chi connectivity index (χ1n) is 6.10. The Balaban J connectivity index is 2.15. The number of likely N-dealkylation sites (tertiary alicyclic amines) is 1. The van der Waals surface area contributed by atoms with E-state index in [0.29, 0.717) is 25.9 Å². The summed E-state index contributed by atoms with van der Waals surface area (Å²) in [6.45, 7) is 4.51. The van der Waals surface area contributed by atoms with Crippen LogP contribution in [0.5, 0.6) is 0 Å². The minimum atomic E-state index is -0.698. The van der Waals surface area contributed by atoms with E-state index in [2.05, 4.69) is 4.98 Å². The molecule has 1 saturated heterocycles. The highest BCUT2D eigenvalue weighted by Crippen LogP contribution is 2.21. The number of amides is 1. The highest BCUT2D eigenvalue weighted by Gasteiger charge is 2.30. The minimum Gasteiger partial charge on any atom is -0.390 e. The fourth-order valence-electron chi connectivity index (χ4n) is 2.10. The summed E-state index contributed by atoms with van der Waals surface area (Å²) < 4.78 is 0. The van der Waals surface area contributed by atoms with Crippen LogP contribution in [0, 0.1) is 6.92 Å². The zero-order valence-corrected chi connectivity index (χ0v) is 10.7. The van der Waals surface area contributed by atoms with Crippen LogP contribution in [0.2, 0.25) is 0 Å². The molecule has 0 bridgehead atoms. The molecular formula is C13H18N2O3. The molecule has 98 valence electrons. The average molecular weight is 250 g/mol. The lowest BCUT2D eigenvalue weighted by atomic mass is 9.93. The molecule has 1 aliphatic rings. The topological polar surface area (TPSA) is 73.4 Å². The van der Waals surface area contributed by atoms with Crippen LogP contribution in [-0.4, -0.2) is 39.6 Å². The summed E-state index contributed by atoms with van der Waals surface area (Å²) in [5, 5.41) is 9.83. The SMILES string of the molecule is Cc1cc(=O)c(C(=O)N2CCC(C)(O)CC2)c[nH]1. The smallest absolute Gasteiger partial charge is 0.259 e. The van der Waals surface area contributed by atoms with Gasteiger partial charge in [-0.25, -0.2) is 0 Å². The third-order valence-electron chi connectivity index (χ3n) is 3.42. The van der Waals surface area contributed by atoms with Gasteiger partial charge in [0.25, 0.3) is 5.91 Å². The van der Waals surface area contributed by atoms with Crippen molar-refractivity contribution in [1.82, 2.24) is 9.88 Å². The fraction of sp³-hybridized carbons (Fsp3) is 0.538. The van der Waals surface area contributed by atoms with Crippen molar-refractivity contribution in [1.29, 1.82) is 0 Å². The molecular weight excluding hydrogens is 232 g/mol. The number of hydrogen-bond donors (Lipinski definition) is 2. The highest BCUT2D eigenvalue weighted by atomic mass is 16.3. The van der Waals surface area contributed by atoms with Crippen molar-refractivity contribution in [3.05, 3.63) is 33.7 Å². The van der Waals surface area contributed by atoms with Gasteiger partial charge in [0.15, 0.2) is 5.43 Å². The summed E-state index contributed by atoms with van der Waals surface area (Å²) in [4.78, 5) is 28.4. The molecule has 5 nitrogen and oxygen atoms in total. The number of nitrogens with one attached hydrogen (secondary N) is 1. The van der Waals surface area contributed by atoms with Gasteiger partial charge in [-0.15, -0.1) is 0 Å². The molecule has 0 aromatic carbocycles. The van der Waals surface area contributed by atoms with Gasteiger partial charge in [-0.05, 0) is 26.7 Å². The predicted octanol–water partition coefficient (Wildman–Crippen LogP) is 0.670. The Morgan fingerprint density at radius 3 is 2.61 bits per heavy atom. The van der Waals surface area contributed by atoms with E-state index < -0.39 is 5.60 Å². The minimum absolute atomic E-state index is 0.169. The molecule has 18 heavy (non-hydrogen) atoms. The molecule has 1 aliphatic heterocycles. The number of carbonyl (C=O) groups excluding carboxylic acids is 1. The second-order valence-electron chi connectivity index (χ2n) is 5.18. The van der Waals surface area contributed by atoms with E-state index in [1.54, 1.807) is 18.7 Å². The molecule has 0 aliphatic carbocycles. The number of aliphatic hydroxyl groups is 1. The summed E-state index contributed by atoms with van der Waals surface area (Å²) in [5.41, 5.74) is -0.0509. The highest BCUT2D eigenvalue weighted by molar-refractivity contribution is 5.93. The van der Waals surface area contributed by atoms with Gasteiger partial charge in [-0.3, -0.25) is 9.59 Å². The second kappa shape index (κ2) is 4.57. The number of piperidine rings is 1. The van der Waals surface area contributed by atoms with E-state index in [0.717, 1.165) is 5.69 Å². The molecule has 0 saturated carbocycles. The normalized spacial score (nSPS) is 18.7. The van der Waals surface area contributed by atoms with Crippen LogP contribution in [-0.2, 0) is 0 Å². The Morgan fingerprint density at radius 2 is 2.06 bits per heavy atom. The summed E-state index contributed by atoms with van der Waals surface area (Å²) >= 11 is 0. The number of aryl methyl sites for hydroxylation is 1. The van der Waals surface area contributed by atoms with Crippen molar-refractivity contribution in [2.75, 3.05) is 13.1 Å². The standard InChI is InChI=1S/C13H18N2O3/c1-9-7-11(16)10(8-14-9)12(17)15-5-3-13(2,18)4-6-15/h7-8,18H,3-6H2,1-2H3,(H,14,16). The lowest BCUT2D eigenvalue weighted by Gasteiger charge is -2.35. The Labute approximate surface area is 105 Å². The maximum absolute atomic E-state index is 12.2. The van der Waals surface area contributed by atoms with Gasteiger partial charge >= 0.3 is 0 Å². The molecule has 1 fully saturated rings. The Bertz CT molecular complexity index is 509. The first-order chi connectivity index (χ1) is 8.39. The van der Waals surface area contributed by atoms with E-state index in [1.165, 1.54) is 12.3 Å². The van der Waals surface area contributed by atoms with Crippen molar-refractivity contribution in [2.24, 2.45) is 0 Å². The van der Waals surface area contributed by atoms with Crippen molar-refractivity contribution in [2.45, 2.75) is 32.3 Å². The zero-order valence-electron chi connectivity index (χ0n) is 10.7. The molecule has 0 atom stereocenters. The van der Waals surface area contributed by atoms with Gasteiger partial charge in [0.1, 0.15) is 5.56 Å². The number of aromatic nitrogens is 1. The number of carbonyl (C=O) groups is 1. The molecule has 0 unspecified atom stereocenters. The molecule has 1 amide bonds. The molecule has 5 heteroatoms. The Morgan fingerprint density at radius 1 is 1.44 bits per heavy atom. The van der Waals surface area contributed by atoms with E-state index in [4.69, 9.17) is 0 Å². The molecule has 2 heterocycles. The predicted molar refractivity (Wildman–Crippen MR) is 67.6 cm³/mol. The van der Waals surface area contributed by atoms with Crippen molar-refractivity contribution in [3.63, 3.8) is 0 Å². The van der Waals surface area contributed by atoms with Crippen LogP contribution in [0.4, 0.5) is 0 Å². The number of rotatable bonds is 1. The quantitative estimate of drug-likeness (QED) is 0.769. The third-order valence-corrected chi connectivity index (χ3v) is 3.42. The fourth-order valence-corrected chi connectivity index (χ4v) is 2.10. The van der Waals surface area contributed by atoms with E-state index in [1.807, 2.05) is 0 Å². The summed E-state index contributed by atoms with van der Waals surface area (Å²) in [7, 11) is 0. The maximum Gasteiger partial charge on any atom is 0.259 e. The number of hydrogen-bond acceptors (Lipinski definition) is 3. The van der Waals surface area contributed by atoms with Crippen molar-refractivity contribution < 1.29 is 9.90 Å². The van der Waals surface area contributed by atoms with Crippen LogP contribution >= 0.6 is 0 Å². The van der Waals surface area contributed by atoms with E-state index in [-0.39, 0.29) is 16.9 Å². The van der Waals surface area contributed by atoms with Gasteiger partial charge in [-0.2, -0.15) is 0 Å². The largest absolute Gasteiger partial charge is 0.390 e. The molecule has 0 spiro atoms. The lowest BCUT2D eigenvalue weighted by molar-refractivity contribution is -0.00206. The van der Waals surface area contributed by atoms with Gasteiger partial charge in [0.05, 0.1) is 5.60 Å². The first-order valence-corrected chi connectivity index (χ1v) is 6.10. The average Bonchev–Trinajstić information content (AvgIpc) is 2.28. The number of aromatic amines is 1. The van der Waals surface area contributed by atoms with Crippen LogP contribution in [0.1, 0.15) is 35.8 Å².